The number of pyridine rings is 1. The lowest BCUT2D eigenvalue weighted by molar-refractivity contribution is -0.119. The number of aromatic amines is 1. The van der Waals surface area contributed by atoms with Crippen LogP contribution in [0, 0.1) is 5.82 Å². The summed E-state index contributed by atoms with van der Waals surface area (Å²) >= 11 is 0. The summed E-state index contributed by atoms with van der Waals surface area (Å²) in [5, 5.41) is 16.3. The molecule has 2 fully saturated rings. The van der Waals surface area contributed by atoms with Crippen LogP contribution in [0.4, 0.5) is 14.9 Å². The van der Waals surface area contributed by atoms with Gasteiger partial charge in [0.25, 0.3) is 0 Å². The molecule has 176 valence electrons. The number of ether oxygens (including phenoxy) is 1. The Morgan fingerprint density at radius 3 is 2.88 bits per heavy atom. The quantitative estimate of drug-likeness (QED) is 0.434. The van der Waals surface area contributed by atoms with Crippen LogP contribution in [0.25, 0.3) is 11.1 Å². The molecule has 3 aromatic rings. The molecule has 10 nitrogen and oxygen atoms in total. The summed E-state index contributed by atoms with van der Waals surface area (Å²) in [7, 11) is 0. The number of amides is 2. The van der Waals surface area contributed by atoms with Gasteiger partial charge in [0.15, 0.2) is 5.60 Å². The third kappa shape index (κ3) is 4.46. The smallest absolute Gasteiger partial charge is 0.415 e. The molecule has 11 heteroatoms. The first-order valence-corrected chi connectivity index (χ1v) is 11.0. The molecule has 1 aliphatic heterocycles. The van der Waals surface area contributed by atoms with Gasteiger partial charge in [-0.3, -0.25) is 14.7 Å². The van der Waals surface area contributed by atoms with Crippen molar-refractivity contribution in [1.29, 1.82) is 0 Å². The van der Waals surface area contributed by atoms with Gasteiger partial charge in [0.05, 0.1) is 30.2 Å². The number of hydrogen-bond acceptors (Lipinski definition) is 7. The van der Waals surface area contributed by atoms with Crippen molar-refractivity contribution in [3.63, 3.8) is 0 Å². The lowest BCUT2D eigenvalue weighted by atomic mass is 10.1. The predicted molar refractivity (Wildman–Crippen MR) is 120 cm³/mol. The minimum atomic E-state index is -0.721. The topological polar surface area (TPSA) is 125 Å². The molecule has 1 spiro atoms. The van der Waals surface area contributed by atoms with Crippen LogP contribution in [-0.4, -0.2) is 57.1 Å². The van der Waals surface area contributed by atoms with Crippen LogP contribution in [0.1, 0.15) is 24.7 Å². The van der Waals surface area contributed by atoms with E-state index in [1.807, 2.05) is 12.1 Å². The molecule has 2 amide bonds. The van der Waals surface area contributed by atoms with Crippen molar-refractivity contribution in [2.24, 2.45) is 0 Å². The Morgan fingerprint density at radius 2 is 2.18 bits per heavy atom. The lowest BCUT2D eigenvalue weighted by Gasteiger charge is -2.14. The Kier molecular flexibility index (Phi) is 5.70. The maximum Gasteiger partial charge on any atom is 0.415 e. The van der Waals surface area contributed by atoms with Gasteiger partial charge in [-0.15, -0.1) is 0 Å². The minimum absolute atomic E-state index is 0.172. The Hall–Kier alpha value is -3.86. The standard InChI is InChI=1S/C23H24FN7O3/c1-14(32)28-21-9-23(21)13-31(22(33)34-23)18-4-5-19(20(24)8-18)15-2-3-16(26-10-15)6-7-25-11-17-12-27-30-29-17/h2-5,8,10,12,21,25H,6-7,9,11,13H2,1H3,(H,28,32)(H,27,29,30)/t21-,23?/m1/s1. The molecule has 2 atom stereocenters. The first-order chi connectivity index (χ1) is 16.4. The molecule has 34 heavy (non-hydrogen) atoms. The average Bonchev–Trinajstić information content (AvgIpc) is 3.14. The second-order valence-electron chi connectivity index (χ2n) is 8.57. The van der Waals surface area contributed by atoms with E-state index in [0.29, 0.717) is 29.8 Å². The van der Waals surface area contributed by atoms with Crippen LogP contribution in [0.2, 0.25) is 0 Å². The number of hydrogen-bond donors (Lipinski definition) is 3. The monoisotopic (exact) mass is 465 g/mol. The third-order valence-corrected chi connectivity index (χ3v) is 6.07. The van der Waals surface area contributed by atoms with E-state index in [-0.39, 0.29) is 18.5 Å². The van der Waals surface area contributed by atoms with Gasteiger partial charge in [0, 0.05) is 55.9 Å². The highest BCUT2D eigenvalue weighted by molar-refractivity contribution is 5.91. The SMILES string of the molecule is CC(=O)N[C@@H]1CC12CN(c1ccc(-c3ccc(CCNCc4cn[nH]n4)nc3)c(F)c1)C(=O)O2. The van der Waals surface area contributed by atoms with Crippen LogP contribution in [0.5, 0.6) is 0 Å². The average molecular weight is 465 g/mol. The normalized spacial score (nSPS) is 21.1. The largest absolute Gasteiger partial charge is 0.438 e. The maximum atomic E-state index is 15.0. The van der Waals surface area contributed by atoms with Crippen molar-refractivity contribution in [2.45, 2.75) is 38.0 Å². The highest BCUT2D eigenvalue weighted by Crippen LogP contribution is 2.46. The second kappa shape index (κ2) is 8.82. The zero-order valence-electron chi connectivity index (χ0n) is 18.5. The molecule has 1 saturated heterocycles. The molecular formula is C23H24FN7O3. The fourth-order valence-corrected chi connectivity index (χ4v) is 4.17. The zero-order chi connectivity index (χ0) is 23.7. The molecule has 1 aliphatic carbocycles. The maximum absolute atomic E-state index is 15.0. The molecule has 0 radical (unpaired) electrons. The number of nitrogens with one attached hydrogen (secondary N) is 3. The number of carbonyl (C=O) groups is 2. The van der Waals surface area contributed by atoms with E-state index in [1.165, 1.54) is 17.9 Å². The summed E-state index contributed by atoms with van der Waals surface area (Å²) in [5.41, 5.74) is 2.47. The highest BCUT2D eigenvalue weighted by atomic mass is 19.1. The highest BCUT2D eigenvalue weighted by Gasteiger charge is 2.64. The first kappa shape index (κ1) is 22.0. The van der Waals surface area contributed by atoms with Crippen LogP contribution in [-0.2, 0) is 22.5 Å². The summed E-state index contributed by atoms with van der Waals surface area (Å²) in [6, 6.07) is 8.15. The zero-order valence-corrected chi connectivity index (χ0v) is 18.5. The van der Waals surface area contributed by atoms with Gasteiger partial charge in [-0.2, -0.15) is 15.4 Å². The van der Waals surface area contributed by atoms with Gasteiger partial charge in [-0.25, -0.2) is 9.18 Å². The minimum Gasteiger partial charge on any atom is -0.438 e. The van der Waals surface area contributed by atoms with E-state index in [4.69, 9.17) is 4.74 Å². The van der Waals surface area contributed by atoms with Crippen molar-refractivity contribution in [2.75, 3.05) is 18.0 Å². The van der Waals surface area contributed by atoms with Gasteiger partial charge in [-0.05, 0) is 24.3 Å². The molecule has 2 aromatic heterocycles. The molecule has 1 aromatic carbocycles. The lowest BCUT2D eigenvalue weighted by Crippen LogP contribution is -2.33. The molecule has 1 unspecified atom stereocenters. The number of nitrogens with zero attached hydrogens (tertiary/aromatic N) is 4. The van der Waals surface area contributed by atoms with Gasteiger partial charge < -0.3 is 15.4 Å². The molecule has 2 aliphatic rings. The van der Waals surface area contributed by atoms with Crippen molar-refractivity contribution in [1.82, 2.24) is 31.0 Å². The molecule has 1 saturated carbocycles. The van der Waals surface area contributed by atoms with Gasteiger partial charge >= 0.3 is 6.09 Å². The Morgan fingerprint density at radius 1 is 1.29 bits per heavy atom. The number of benzene rings is 1. The summed E-state index contributed by atoms with van der Waals surface area (Å²) in [5.74, 6) is -0.626. The fraction of sp³-hybridized carbons (Fsp3) is 0.348. The van der Waals surface area contributed by atoms with Gasteiger partial charge in [0.1, 0.15) is 5.82 Å². The summed E-state index contributed by atoms with van der Waals surface area (Å²) in [4.78, 5) is 29.5. The molecule has 3 heterocycles. The predicted octanol–water partition coefficient (Wildman–Crippen LogP) is 1.94. The second-order valence-corrected chi connectivity index (χ2v) is 8.57. The van der Waals surface area contributed by atoms with E-state index in [0.717, 1.165) is 24.4 Å². The molecule has 3 N–H and O–H groups in total. The number of carbonyl (C=O) groups excluding carboxylic acids is 2. The third-order valence-electron chi connectivity index (χ3n) is 6.07. The number of H-pyrrole nitrogens is 1. The van der Waals surface area contributed by atoms with Gasteiger partial charge in [0.2, 0.25) is 5.91 Å². The Bertz CT molecular complexity index is 1200. The Labute approximate surface area is 194 Å². The molecule has 5 rings (SSSR count). The van der Waals surface area contributed by atoms with Crippen molar-refractivity contribution < 1.29 is 18.7 Å². The summed E-state index contributed by atoms with van der Waals surface area (Å²) in [6.45, 7) is 3.04. The van der Waals surface area contributed by atoms with Crippen molar-refractivity contribution in [3.8, 4) is 11.1 Å². The number of rotatable bonds is 8. The van der Waals surface area contributed by atoms with E-state index in [9.17, 15) is 14.0 Å². The summed E-state index contributed by atoms with van der Waals surface area (Å²) < 4.78 is 20.5. The first-order valence-electron chi connectivity index (χ1n) is 11.0. The van der Waals surface area contributed by atoms with Crippen LogP contribution in [0.3, 0.4) is 0 Å². The van der Waals surface area contributed by atoms with Gasteiger partial charge in [-0.1, -0.05) is 6.07 Å². The molecule has 0 bridgehead atoms. The summed E-state index contributed by atoms with van der Waals surface area (Å²) in [6.07, 6.45) is 4.05. The number of halogens is 1. The van der Waals surface area contributed by atoms with Crippen LogP contribution < -0.4 is 15.5 Å². The van der Waals surface area contributed by atoms with E-state index >= 15 is 0 Å². The fourth-order valence-electron chi connectivity index (χ4n) is 4.17. The van der Waals surface area contributed by atoms with E-state index in [1.54, 1.807) is 24.5 Å². The van der Waals surface area contributed by atoms with Crippen LogP contribution in [0.15, 0.2) is 42.7 Å². The molecular weight excluding hydrogens is 441 g/mol. The van der Waals surface area contributed by atoms with E-state index < -0.39 is 17.5 Å². The number of aromatic nitrogens is 4. The number of anilines is 1. The van der Waals surface area contributed by atoms with Crippen molar-refractivity contribution >= 4 is 17.7 Å². The Balaban J connectivity index is 1.20. The van der Waals surface area contributed by atoms with Crippen LogP contribution >= 0.6 is 0 Å². The van der Waals surface area contributed by atoms with Crippen molar-refractivity contribution in [3.05, 3.63) is 59.9 Å². The van der Waals surface area contributed by atoms with E-state index in [2.05, 4.69) is 31.0 Å².